The third-order valence-electron chi connectivity index (χ3n) is 2.65. The van der Waals surface area contributed by atoms with Gasteiger partial charge in [-0.05, 0) is 18.1 Å². The van der Waals surface area contributed by atoms with E-state index in [9.17, 15) is 15.0 Å². The lowest BCUT2D eigenvalue weighted by molar-refractivity contribution is -0.120. The van der Waals surface area contributed by atoms with Crippen LogP contribution in [0.15, 0.2) is 12.1 Å². The number of aromatic hydroxyl groups is 2. The van der Waals surface area contributed by atoms with Gasteiger partial charge in [0, 0.05) is 12.1 Å². The standard InChI is InChI=1S/C10H12N2O3/c11-10(15)7-3-5-1-2-8(13)9(14)6(5)4-12-7/h1-2,7,12-14H,3-4H2,(H2,11,15)/t7-/m0/s1. The number of carbonyl (C=O) groups is 1. The Morgan fingerprint density at radius 3 is 2.87 bits per heavy atom. The van der Waals surface area contributed by atoms with Gasteiger partial charge in [0.05, 0.1) is 6.04 Å². The van der Waals surface area contributed by atoms with Crippen molar-refractivity contribution < 1.29 is 15.0 Å². The molecule has 5 heteroatoms. The van der Waals surface area contributed by atoms with Crippen LogP contribution in [-0.4, -0.2) is 22.2 Å². The zero-order chi connectivity index (χ0) is 11.0. The Morgan fingerprint density at radius 1 is 1.47 bits per heavy atom. The summed E-state index contributed by atoms with van der Waals surface area (Å²) in [5.41, 5.74) is 6.65. The number of nitrogens with two attached hydrogens (primary N) is 1. The predicted molar refractivity (Wildman–Crippen MR) is 53.3 cm³/mol. The Bertz CT molecular complexity index is 417. The van der Waals surface area contributed by atoms with Gasteiger partial charge in [0.15, 0.2) is 11.5 Å². The quantitative estimate of drug-likeness (QED) is 0.472. The smallest absolute Gasteiger partial charge is 0.234 e. The summed E-state index contributed by atoms with van der Waals surface area (Å²) in [7, 11) is 0. The summed E-state index contributed by atoms with van der Waals surface area (Å²) in [6, 6.07) is 2.71. The van der Waals surface area contributed by atoms with Crippen LogP contribution >= 0.6 is 0 Å². The van der Waals surface area contributed by atoms with Crippen molar-refractivity contribution in [2.75, 3.05) is 0 Å². The van der Waals surface area contributed by atoms with Crippen molar-refractivity contribution in [3.63, 3.8) is 0 Å². The number of fused-ring (bicyclic) bond motifs is 1. The molecule has 0 aromatic heterocycles. The number of carbonyl (C=O) groups excluding carboxylic acids is 1. The summed E-state index contributed by atoms with van der Waals surface area (Å²) < 4.78 is 0. The lowest BCUT2D eigenvalue weighted by atomic mass is 9.94. The molecule has 2 rings (SSSR count). The van der Waals surface area contributed by atoms with E-state index in [4.69, 9.17) is 5.73 Å². The van der Waals surface area contributed by atoms with E-state index in [0.29, 0.717) is 18.5 Å². The molecule has 0 radical (unpaired) electrons. The van der Waals surface area contributed by atoms with Gasteiger partial charge < -0.3 is 21.3 Å². The lowest BCUT2D eigenvalue weighted by Crippen LogP contribution is -2.45. The predicted octanol–water partition coefficient (Wildman–Crippen LogP) is -0.403. The molecule has 0 saturated heterocycles. The van der Waals surface area contributed by atoms with Gasteiger partial charge in [0.2, 0.25) is 5.91 Å². The first kappa shape index (κ1) is 9.79. The summed E-state index contributed by atoms with van der Waals surface area (Å²) in [5.74, 6) is -0.677. The van der Waals surface area contributed by atoms with E-state index in [1.165, 1.54) is 6.07 Å². The van der Waals surface area contributed by atoms with Crippen molar-refractivity contribution >= 4 is 5.91 Å². The Morgan fingerprint density at radius 2 is 2.20 bits per heavy atom. The van der Waals surface area contributed by atoms with Crippen LogP contribution in [0.4, 0.5) is 0 Å². The fourth-order valence-electron chi connectivity index (χ4n) is 1.77. The van der Waals surface area contributed by atoms with Crippen LogP contribution in [0.5, 0.6) is 11.5 Å². The van der Waals surface area contributed by atoms with Gasteiger partial charge in [0.25, 0.3) is 0 Å². The van der Waals surface area contributed by atoms with Crippen LogP contribution in [0.2, 0.25) is 0 Å². The van der Waals surface area contributed by atoms with E-state index in [1.54, 1.807) is 6.07 Å². The molecule has 1 heterocycles. The number of primary amides is 1. The normalized spacial score (nSPS) is 19.6. The van der Waals surface area contributed by atoms with E-state index < -0.39 is 11.9 Å². The zero-order valence-corrected chi connectivity index (χ0v) is 8.03. The van der Waals surface area contributed by atoms with E-state index in [2.05, 4.69) is 5.32 Å². The number of rotatable bonds is 1. The maximum atomic E-state index is 11.0. The molecule has 0 fully saturated rings. The van der Waals surface area contributed by atoms with E-state index in [1.807, 2.05) is 0 Å². The van der Waals surface area contributed by atoms with Gasteiger partial charge in [-0.3, -0.25) is 4.79 Å². The van der Waals surface area contributed by atoms with Gasteiger partial charge in [-0.15, -0.1) is 0 Å². The minimum absolute atomic E-state index is 0.122. The molecule has 1 aromatic rings. The van der Waals surface area contributed by atoms with Crippen molar-refractivity contribution in [2.45, 2.75) is 19.0 Å². The molecule has 5 nitrogen and oxygen atoms in total. The minimum atomic E-state index is -0.409. The van der Waals surface area contributed by atoms with Crippen LogP contribution in [-0.2, 0) is 17.8 Å². The highest BCUT2D eigenvalue weighted by Crippen LogP contribution is 2.33. The average molecular weight is 208 g/mol. The number of amides is 1. The molecule has 1 aliphatic heterocycles. The summed E-state index contributed by atoms with van der Waals surface area (Å²) in [4.78, 5) is 11.0. The van der Waals surface area contributed by atoms with Gasteiger partial charge in [-0.1, -0.05) is 6.07 Å². The van der Waals surface area contributed by atoms with Crippen LogP contribution in [0.25, 0.3) is 0 Å². The molecule has 0 saturated carbocycles. The molecule has 0 unspecified atom stereocenters. The minimum Gasteiger partial charge on any atom is -0.504 e. The van der Waals surface area contributed by atoms with Crippen LogP contribution in [0, 0.1) is 0 Å². The maximum absolute atomic E-state index is 11.0. The fourth-order valence-corrected chi connectivity index (χ4v) is 1.77. The largest absolute Gasteiger partial charge is 0.504 e. The second-order valence-corrected chi connectivity index (χ2v) is 3.61. The molecule has 1 atom stereocenters. The second kappa shape index (κ2) is 3.43. The summed E-state index contributed by atoms with van der Waals surface area (Å²) in [5, 5.41) is 21.7. The Hall–Kier alpha value is -1.75. The van der Waals surface area contributed by atoms with E-state index in [-0.39, 0.29) is 11.5 Å². The first-order valence-electron chi connectivity index (χ1n) is 4.65. The highest BCUT2D eigenvalue weighted by molar-refractivity contribution is 5.80. The molecule has 1 amide bonds. The Kier molecular flexibility index (Phi) is 2.24. The summed E-state index contributed by atoms with van der Waals surface area (Å²) in [6.45, 7) is 0.336. The molecule has 0 bridgehead atoms. The van der Waals surface area contributed by atoms with Crippen molar-refractivity contribution in [3.8, 4) is 11.5 Å². The van der Waals surface area contributed by atoms with Crippen molar-refractivity contribution in [1.29, 1.82) is 0 Å². The van der Waals surface area contributed by atoms with Gasteiger partial charge in [-0.2, -0.15) is 0 Å². The molecule has 15 heavy (non-hydrogen) atoms. The van der Waals surface area contributed by atoms with E-state index in [0.717, 1.165) is 5.56 Å². The van der Waals surface area contributed by atoms with Gasteiger partial charge in [-0.25, -0.2) is 0 Å². The molecule has 1 aliphatic rings. The SMILES string of the molecule is NC(=O)[C@@H]1Cc2ccc(O)c(O)c2CN1. The Balaban J connectivity index is 2.36. The topological polar surface area (TPSA) is 95.6 Å². The van der Waals surface area contributed by atoms with Crippen molar-refractivity contribution in [3.05, 3.63) is 23.3 Å². The summed E-state index contributed by atoms with van der Waals surface area (Å²) >= 11 is 0. The molecule has 1 aromatic carbocycles. The lowest BCUT2D eigenvalue weighted by Gasteiger charge is -2.24. The second-order valence-electron chi connectivity index (χ2n) is 3.61. The first-order valence-corrected chi connectivity index (χ1v) is 4.65. The highest BCUT2D eigenvalue weighted by atomic mass is 16.3. The van der Waals surface area contributed by atoms with Crippen LogP contribution < -0.4 is 11.1 Å². The number of phenols is 2. The number of hydrogen-bond acceptors (Lipinski definition) is 4. The monoisotopic (exact) mass is 208 g/mol. The maximum Gasteiger partial charge on any atom is 0.234 e. The Labute approximate surface area is 86.5 Å². The molecule has 5 N–H and O–H groups in total. The number of hydrogen-bond donors (Lipinski definition) is 4. The molecule has 0 aliphatic carbocycles. The molecule has 80 valence electrons. The zero-order valence-electron chi connectivity index (χ0n) is 8.03. The highest BCUT2D eigenvalue weighted by Gasteiger charge is 2.24. The first-order chi connectivity index (χ1) is 7.09. The van der Waals surface area contributed by atoms with Gasteiger partial charge in [0.1, 0.15) is 0 Å². The average Bonchev–Trinajstić information content (AvgIpc) is 2.23. The third kappa shape index (κ3) is 1.61. The molecule has 0 spiro atoms. The van der Waals surface area contributed by atoms with E-state index >= 15 is 0 Å². The van der Waals surface area contributed by atoms with Crippen molar-refractivity contribution in [2.24, 2.45) is 5.73 Å². The number of benzene rings is 1. The van der Waals surface area contributed by atoms with Crippen LogP contribution in [0.1, 0.15) is 11.1 Å². The molecular weight excluding hydrogens is 196 g/mol. The summed E-state index contributed by atoms with van der Waals surface area (Å²) in [6.07, 6.45) is 0.443. The van der Waals surface area contributed by atoms with Gasteiger partial charge >= 0.3 is 0 Å². The number of phenolic OH excluding ortho intramolecular Hbond substituents is 2. The van der Waals surface area contributed by atoms with Crippen LogP contribution in [0.3, 0.4) is 0 Å². The number of nitrogens with one attached hydrogen (secondary N) is 1. The fraction of sp³-hybridized carbons (Fsp3) is 0.300. The van der Waals surface area contributed by atoms with Crippen molar-refractivity contribution in [1.82, 2.24) is 5.32 Å². The third-order valence-corrected chi connectivity index (χ3v) is 2.65. The molecular formula is C10H12N2O3.